The van der Waals surface area contributed by atoms with E-state index in [0.29, 0.717) is 47.6 Å². The van der Waals surface area contributed by atoms with Crippen LogP contribution in [0.4, 0.5) is 11.4 Å². The van der Waals surface area contributed by atoms with Crippen molar-refractivity contribution in [3.8, 4) is 0 Å². The van der Waals surface area contributed by atoms with Gasteiger partial charge in [-0.15, -0.1) is 71.2 Å². The molecule has 0 spiro atoms. The van der Waals surface area contributed by atoms with Crippen molar-refractivity contribution in [1.29, 1.82) is 0 Å². The van der Waals surface area contributed by atoms with E-state index >= 15 is 0 Å². The summed E-state index contributed by atoms with van der Waals surface area (Å²) in [5.41, 5.74) is 6.96. The highest BCUT2D eigenvalue weighted by molar-refractivity contribution is 6.44. The Morgan fingerprint density at radius 3 is 1.44 bits per heavy atom. The van der Waals surface area contributed by atoms with Gasteiger partial charge >= 0.3 is 0 Å². The van der Waals surface area contributed by atoms with Gasteiger partial charge in [0.2, 0.25) is 0 Å². The van der Waals surface area contributed by atoms with Crippen LogP contribution in [-0.4, -0.2) is 75.7 Å². The molecule has 0 bridgehead atoms. The third kappa shape index (κ3) is 30.2. The molecular formula is C36H45Cl14N5. The topological polar surface area (TPSA) is 65.3 Å². The fraction of sp³-hybridized carbons (Fsp3) is 0.333. The molecule has 0 radical (unpaired) electrons. The average Bonchev–Trinajstić information content (AvgIpc) is 3.23. The molecule has 55 heavy (non-hydrogen) atoms. The van der Waals surface area contributed by atoms with E-state index in [1.54, 1.807) is 30.3 Å². The molecule has 1 heterocycles. The zero-order valence-corrected chi connectivity index (χ0v) is 39.0. The molecule has 5 nitrogen and oxygen atoms in total. The predicted octanol–water partition coefficient (Wildman–Crippen LogP) is 13.9. The maximum Gasteiger partial charge on any atom is 0.0825 e. The zero-order chi connectivity index (χ0) is 50.5. The summed E-state index contributed by atoms with van der Waals surface area (Å²) in [6.07, 6.45) is 0. The summed E-state index contributed by atoms with van der Waals surface area (Å²) in [4.78, 5) is 2.25. The molecule has 0 aliphatic carbocycles. The Morgan fingerprint density at radius 1 is 0.600 bits per heavy atom. The summed E-state index contributed by atoms with van der Waals surface area (Å²) in [5.74, 6) is -4.47. The summed E-state index contributed by atoms with van der Waals surface area (Å²) in [7, 11) is 0. The lowest BCUT2D eigenvalue weighted by molar-refractivity contribution is 0.589. The van der Waals surface area contributed by atoms with Gasteiger partial charge in [-0.1, -0.05) is 129 Å². The van der Waals surface area contributed by atoms with Gasteiger partial charge in [-0.2, -0.15) is 0 Å². The zero-order valence-electron chi connectivity index (χ0n) is 40.3. The van der Waals surface area contributed by atoms with Gasteiger partial charge in [0.1, 0.15) is 0 Å². The van der Waals surface area contributed by atoms with Crippen molar-refractivity contribution in [2.24, 2.45) is 0 Å². The Morgan fingerprint density at radius 2 is 1.04 bits per heavy atom. The molecule has 4 aromatic carbocycles. The van der Waals surface area contributed by atoms with Crippen LogP contribution in [-0.2, 0) is 0 Å². The first-order chi connectivity index (χ1) is 29.9. The van der Waals surface area contributed by atoms with E-state index in [9.17, 15) is 0 Å². The number of hydrogen-bond acceptors (Lipinski definition) is 5. The van der Waals surface area contributed by atoms with Crippen molar-refractivity contribution in [3.63, 3.8) is 0 Å². The lowest BCUT2D eigenvalue weighted by Crippen LogP contribution is -2.43. The Kier molecular flexibility index (Phi) is 28.7. The van der Waals surface area contributed by atoms with Crippen LogP contribution >= 0.6 is 164 Å². The van der Waals surface area contributed by atoms with Crippen LogP contribution in [0.5, 0.6) is 0 Å². The first kappa shape index (κ1) is 39.5. The fourth-order valence-electron chi connectivity index (χ4n) is 3.22. The molecule has 0 atom stereocenters. The van der Waals surface area contributed by atoms with E-state index < -0.39 is 24.7 Å². The highest BCUT2D eigenvalue weighted by Crippen LogP contribution is 2.32. The molecule has 4 aromatic rings. The van der Waals surface area contributed by atoms with Gasteiger partial charge in [0.15, 0.2) is 0 Å². The van der Waals surface area contributed by atoms with Crippen molar-refractivity contribution < 1.29 is 16.4 Å². The fourth-order valence-corrected chi connectivity index (χ4v) is 4.77. The standard InChI is InChI=1S/C10H12Cl2N2.C6H5Cl2N.2C6H4Cl2.2C4H9Cl2N.2ClH/c11-8-2-1-3-9(10(8)12)14-6-4-13-5-7-14;7-4-2-1-3-5(9)6(4)8;2*7-5-3-1-2-4-6(5)8;2*5-1-3-7-4-2-6;;/h1-3,13H,4-7H2;1-3H,9H2;2*1-4H;2*7H,1-4H2;2*1H/i;;1D,2D,3D,4D;;1D2,2D2,3D2,4D2;;;. The van der Waals surface area contributed by atoms with E-state index in [1.165, 1.54) is 5.32 Å². The van der Waals surface area contributed by atoms with Crippen LogP contribution in [0.3, 0.4) is 0 Å². The van der Waals surface area contributed by atoms with Crippen LogP contribution in [0, 0.1) is 0 Å². The molecule has 1 saturated heterocycles. The van der Waals surface area contributed by atoms with Gasteiger partial charge in [-0.3, -0.25) is 0 Å². The first-order valence-electron chi connectivity index (χ1n) is 20.8. The Bertz CT molecular complexity index is 1880. The van der Waals surface area contributed by atoms with Gasteiger partial charge in [0.05, 0.1) is 57.0 Å². The number of alkyl halides is 4. The van der Waals surface area contributed by atoms with Crippen LogP contribution in [0.15, 0.2) is 84.8 Å². The summed E-state index contributed by atoms with van der Waals surface area (Å²) >= 11 is 66.3. The minimum atomic E-state index is -2.97. The molecule has 5 N–H and O–H groups in total. The number of nitrogens with zero attached hydrogens (tertiary/aromatic N) is 1. The highest BCUT2D eigenvalue weighted by Gasteiger charge is 2.14. The monoisotopic (exact) mass is 1050 g/mol. The van der Waals surface area contributed by atoms with Crippen LogP contribution in [0.25, 0.3) is 0 Å². The number of nitrogen functional groups attached to an aromatic ring is 1. The quantitative estimate of drug-likeness (QED) is 0.0764. The summed E-state index contributed by atoms with van der Waals surface area (Å²) in [5, 5.41) is 10.9. The number of piperazine rings is 1. The normalized spacial score (nSPS) is 15.2. The summed E-state index contributed by atoms with van der Waals surface area (Å²) in [6, 6.07) is 16.8. The second-order valence-electron chi connectivity index (χ2n) is 9.19. The minimum Gasteiger partial charge on any atom is -0.397 e. The predicted molar refractivity (Wildman–Crippen MR) is 258 cm³/mol. The van der Waals surface area contributed by atoms with E-state index in [0.717, 1.165) is 45.0 Å². The van der Waals surface area contributed by atoms with Gasteiger partial charge in [-0.05, 0) is 48.5 Å². The molecule has 0 aromatic heterocycles. The third-order valence-electron chi connectivity index (χ3n) is 5.56. The third-order valence-corrected chi connectivity index (χ3v) is 9.19. The number of anilines is 2. The Labute approximate surface area is 416 Å². The van der Waals surface area contributed by atoms with Crippen molar-refractivity contribution in [3.05, 3.63) is 125 Å². The van der Waals surface area contributed by atoms with E-state index in [-0.39, 0.29) is 59.0 Å². The molecule has 1 fully saturated rings. The molecule has 312 valence electrons. The molecule has 5 rings (SSSR count). The molecule has 0 amide bonds. The minimum absolute atomic E-state index is 0. The number of benzene rings is 4. The smallest absolute Gasteiger partial charge is 0.0825 e. The number of rotatable bonds is 9. The van der Waals surface area contributed by atoms with Crippen LogP contribution in [0.1, 0.15) is 16.4 Å². The lowest BCUT2D eigenvalue weighted by atomic mass is 10.2. The Hall–Kier alpha value is 0.420. The molecule has 1 aliphatic rings. The van der Waals surface area contributed by atoms with Crippen LogP contribution < -0.4 is 26.6 Å². The SMILES string of the molecule is Cl.Cl.ClCCNCCCl.Clc1cccc(N2CCNCC2)c1Cl.Clc1ccccc1Cl.Nc1cccc(Cl)c1Cl.[2H]C([2H])(Cl)C([2H])([2H])NC([2H])([2H])C([2H])([2H])Cl.[2H]c1c([2H])c([2H])c(Cl)c(Cl)c1[2H]. The van der Waals surface area contributed by atoms with Gasteiger partial charge in [-0.25, -0.2) is 0 Å². The number of nitrogens with one attached hydrogen (secondary N) is 3. The van der Waals surface area contributed by atoms with Gasteiger partial charge < -0.3 is 26.6 Å². The Balaban J connectivity index is -0.000000743. The van der Waals surface area contributed by atoms with Crippen molar-refractivity contribution in [2.75, 3.05) is 86.3 Å². The van der Waals surface area contributed by atoms with Gasteiger partial charge in [0, 0.05) is 86.7 Å². The maximum atomic E-state index is 7.22. The number of halogens is 14. The van der Waals surface area contributed by atoms with Crippen LogP contribution in [0.2, 0.25) is 40.2 Å². The average molecular weight is 1060 g/mol. The number of hydrogen-bond donors (Lipinski definition) is 4. The van der Waals surface area contributed by atoms with Gasteiger partial charge in [0.25, 0.3) is 0 Å². The largest absolute Gasteiger partial charge is 0.397 e. The van der Waals surface area contributed by atoms with E-state index in [1.807, 2.05) is 30.3 Å². The number of nitrogens with two attached hydrogens (primary N) is 1. The maximum absolute atomic E-state index is 7.22. The summed E-state index contributed by atoms with van der Waals surface area (Å²) < 4.78 is 84.7. The van der Waals surface area contributed by atoms with Crippen molar-refractivity contribution in [2.45, 2.75) is 0 Å². The molecule has 0 unspecified atom stereocenters. The second kappa shape index (κ2) is 39.9. The van der Waals surface area contributed by atoms with Crippen molar-refractivity contribution >= 4 is 175 Å². The highest BCUT2D eigenvalue weighted by atomic mass is 35.5. The summed E-state index contributed by atoms with van der Waals surface area (Å²) in [6.45, 7) is -0.255. The molecule has 1 aliphatic heterocycles. The molecular weight excluding hydrogens is 999 g/mol. The molecule has 0 saturated carbocycles. The first-order valence-corrected chi connectivity index (χ1v) is 19.6. The second-order valence-corrected chi connectivity index (χ2v) is 13.5. The van der Waals surface area contributed by atoms with Crippen molar-refractivity contribution in [1.82, 2.24) is 16.0 Å². The van der Waals surface area contributed by atoms with E-state index in [4.69, 9.17) is 161 Å². The van der Waals surface area contributed by atoms with E-state index in [2.05, 4.69) is 15.5 Å². The molecule has 19 heteroatoms. The lowest BCUT2D eigenvalue weighted by Gasteiger charge is -2.30.